The normalized spacial score (nSPS) is 19.2. The Balaban J connectivity index is 1.34. The SMILES string of the molecule is COc1ccccc1NC(=O)C[C@H]1SC(N2N=C(c3ccc(C)cc3)C[C@@H]2c2ccccc2)=NC1=O. The Bertz CT molecular complexity index is 1340. The van der Waals surface area contributed by atoms with Crippen LogP contribution in [0.15, 0.2) is 89.0 Å². The van der Waals surface area contributed by atoms with Crippen LogP contribution in [0.5, 0.6) is 5.75 Å². The summed E-state index contributed by atoms with van der Waals surface area (Å²) in [6.07, 6.45) is 0.701. The molecule has 1 N–H and O–H groups in total. The van der Waals surface area contributed by atoms with E-state index in [1.54, 1.807) is 19.2 Å². The number of hydrazone groups is 1. The monoisotopic (exact) mass is 498 g/mol. The number of methoxy groups -OCH3 is 1. The van der Waals surface area contributed by atoms with Crippen LogP contribution in [-0.4, -0.2) is 40.1 Å². The van der Waals surface area contributed by atoms with Crippen LogP contribution in [0, 0.1) is 6.92 Å². The number of rotatable bonds is 6. The molecule has 0 saturated carbocycles. The maximum absolute atomic E-state index is 12.8. The molecule has 3 aromatic carbocycles. The van der Waals surface area contributed by atoms with Gasteiger partial charge in [0.15, 0.2) is 5.17 Å². The van der Waals surface area contributed by atoms with E-state index in [-0.39, 0.29) is 24.3 Å². The second-order valence-electron chi connectivity index (χ2n) is 8.68. The van der Waals surface area contributed by atoms with E-state index in [9.17, 15) is 9.59 Å². The van der Waals surface area contributed by atoms with Gasteiger partial charge in [0, 0.05) is 12.8 Å². The number of benzene rings is 3. The number of nitrogens with one attached hydrogen (secondary N) is 1. The van der Waals surface area contributed by atoms with Gasteiger partial charge in [-0.05, 0) is 30.2 Å². The van der Waals surface area contributed by atoms with Crippen molar-refractivity contribution in [3.05, 3.63) is 95.6 Å². The molecule has 0 bridgehead atoms. The number of aliphatic imine (C=N–C) groups is 1. The van der Waals surface area contributed by atoms with E-state index in [0.29, 0.717) is 23.0 Å². The van der Waals surface area contributed by atoms with Crippen molar-refractivity contribution in [3.63, 3.8) is 0 Å². The lowest BCUT2D eigenvalue weighted by molar-refractivity contribution is -0.121. The van der Waals surface area contributed by atoms with E-state index in [4.69, 9.17) is 9.84 Å². The van der Waals surface area contributed by atoms with Crippen molar-refractivity contribution < 1.29 is 14.3 Å². The van der Waals surface area contributed by atoms with E-state index in [0.717, 1.165) is 16.8 Å². The third-order valence-corrected chi connectivity index (χ3v) is 7.30. The molecule has 2 heterocycles. The zero-order chi connectivity index (χ0) is 25.1. The van der Waals surface area contributed by atoms with Gasteiger partial charge in [-0.3, -0.25) is 9.59 Å². The average molecular weight is 499 g/mol. The van der Waals surface area contributed by atoms with Crippen LogP contribution in [-0.2, 0) is 9.59 Å². The van der Waals surface area contributed by atoms with Gasteiger partial charge in [-0.2, -0.15) is 10.1 Å². The zero-order valence-electron chi connectivity index (χ0n) is 20.0. The van der Waals surface area contributed by atoms with Crippen LogP contribution >= 0.6 is 11.8 Å². The molecule has 182 valence electrons. The lowest BCUT2D eigenvalue weighted by Gasteiger charge is -2.23. The molecule has 7 nitrogen and oxygen atoms in total. The maximum atomic E-state index is 12.8. The number of amides is 2. The van der Waals surface area contributed by atoms with Gasteiger partial charge in [0.1, 0.15) is 11.0 Å². The molecule has 5 rings (SSSR count). The summed E-state index contributed by atoms with van der Waals surface area (Å²) < 4.78 is 5.30. The van der Waals surface area contributed by atoms with Crippen molar-refractivity contribution in [1.29, 1.82) is 0 Å². The minimum Gasteiger partial charge on any atom is -0.495 e. The van der Waals surface area contributed by atoms with Gasteiger partial charge in [0.2, 0.25) is 5.91 Å². The van der Waals surface area contributed by atoms with Crippen molar-refractivity contribution >= 4 is 40.1 Å². The molecule has 0 spiro atoms. The fourth-order valence-corrected chi connectivity index (χ4v) is 5.33. The summed E-state index contributed by atoms with van der Waals surface area (Å²) in [6.45, 7) is 2.05. The molecule has 8 heteroatoms. The van der Waals surface area contributed by atoms with Crippen molar-refractivity contribution in [2.75, 3.05) is 12.4 Å². The molecule has 0 unspecified atom stereocenters. The Hall–Kier alpha value is -3.91. The van der Waals surface area contributed by atoms with Crippen LogP contribution in [0.1, 0.15) is 35.6 Å². The average Bonchev–Trinajstić information content (AvgIpc) is 3.49. The van der Waals surface area contributed by atoms with E-state index >= 15 is 0 Å². The Morgan fingerprint density at radius 3 is 2.53 bits per heavy atom. The lowest BCUT2D eigenvalue weighted by Crippen LogP contribution is -2.25. The summed E-state index contributed by atoms with van der Waals surface area (Å²) >= 11 is 1.29. The minimum atomic E-state index is -0.607. The fraction of sp³-hybridized carbons (Fsp3) is 0.214. The molecule has 36 heavy (non-hydrogen) atoms. The van der Waals surface area contributed by atoms with Crippen LogP contribution in [0.2, 0.25) is 0 Å². The second kappa shape index (κ2) is 10.4. The summed E-state index contributed by atoms with van der Waals surface area (Å²) in [4.78, 5) is 29.9. The summed E-state index contributed by atoms with van der Waals surface area (Å²) in [5, 5.41) is 9.49. The molecule has 3 aromatic rings. The molecule has 0 fully saturated rings. The van der Waals surface area contributed by atoms with Crippen molar-refractivity contribution in [3.8, 4) is 5.75 Å². The molecule has 2 aliphatic heterocycles. The molecule has 2 atom stereocenters. The second-order valence-corrected chi connectivity index (χ2v) is 9.85. The number of ether oxygens (including phenoxy) is 1. The highest BCUT2D eigenvalue weighted by Gasteiger charge is 2.39. The summed E-state index contributed by atoms with van der Waals surface area (Å²) in [5.74, 6) is -0.0309. The molecule has 2 aliphatic rings. The third kappa shape index (κ3) is 5.04. The van der Waals surface area contributed by atoms with E-state index in [1.165, 1.54) is 17.3 Å². The highest BCUT2D eigenvalue weighted by atomic mass is 32.2. The number of amidine groups is 1. The number of anilines is 1. The first-order valence-electron chi connectivity index (χ1n) is 11.7. The molecule has 2 amide bonds. The number of para-hydroxylation sites is 2. The van der Waals surface area contributed by atoms with Gasteiger partial charge < -0.3 is 10.1 Å². The molecule has 0 saturated heterocycles. The number of carbonyl (C=O) groups excluding carboxylic acids is 2. The topological polar surface area (TPSA) is 83.4 Å². The minimum absolute atomic E-state index is 0.00687. The van der Waals surface area contributed by atoms with Gasteiger partial charge in [-0.15, -0.1) is 0 Å². The Kier molecular flexibility index (Phi) is 6.86. The van der Waals surface area contributed by atoms with E-state index < -0.39 is 5.25 Å². The number of hydrogen-bond donors (Lipinski definition) is 1. The molecular formula is C28H26N4O3S. The number of nitrogens with zero attached hydrogens (tertiary/aromatic N) is 3. The first-order chi connectivity index (χ1) is 17.5. The van der Waals surface area contributed by atoms with Gasteiger partial charge in [-0.1, -0.05) is 84.1 Å². The largest absolute Gasteiger partial charge is 0.495 e. The summed E-state index contributed by atoms with van der Waals surface area (Å²) in [5.41, 5.74) is 4.84. The Labute approximate surface area is 214 Å². The number of aryl methyl sites for hydroxylation is 1. The number of hydrogen-bond acceptors (Lipinski definition) is 6. The van der Waals surface area contributed by atoms with Crippen molar-refractivity contribution in [1.82, 2.24) is 5.01 Å². The molecule has 0 aromatic heterocycles. The summed E-state index contributed by atoms with van der Waals surface area (Å²) in [7, 11) is 1.55. The smallest absolute Gasteiger partial charge is 0.262 e. The predicted octanol–water partition coefficient (Wildman–Crippen LogP) is 5.18. The lowest BCUT2D eigenvalue weighted by atomic mass is 9.98. The zero-order valence-corrected chi connectivity index (χ0v) is 20.9. The van der Waals surface area contributed by atoms with Crippen LogP contribution < -0.4 is 10.1 Å². The number of carbonyl (C=O) groups is 2. The highest BCUT2D eigenvalue weighted by Crippen LogP contribution is 2.38. The molecule has 0 aliphatic carbocycles. The van der Waals surface area contributed by atoms with Gasteiger partial charge in [0.25, 0.3) is 5.91 Å². The van der Waals surface area contributed by atoms with E-state index in [2.05, 4.69) is 53.6 Å². The predicted molar refractivity (Wildman–Crippen MR) is 143 cm³/mol. The van der Waals surface area contributed by atoms with Gasteiger partial charge >= 0.3 is 0 Å². The fourth-order valence-electron chi connectivity index (χ4n) is 4.26. The van der Waals surface area contributed by atoms with E-state index in [1.807, 2.05) is 35.3 Å². The van der Waals surface area contributed by atoms with Gasteiger partial charge in [-0.25, -0.2) is 5.01 Å². The van der Waals surface area contributed by atoms with Crippen molar-refractivity contribution in [2.24, 2.45) is 10.1 Å². The first-order valence-corrected chi connectivity index (χ1v) is 12.6. The third-order valence-electron chi connectivity index (χ3n) is 6.16. The van der Waals surface area contributed by atoms with Crippen molar-refractivity contribution in [2.45, 2.75) is 31.1 Å². The van der Waals surface area contributed by atoms with Crippen LogP contribution in [0.3, 0.4) is 0 Å². The quantitative estimate of drug-likeness (QED) is 0.506. The Morgan fingerprint density at radius 1 is 1.06 bits per heavy atom. The van der Waals surface area contributed by atoms with Crippen LogP contribution in [0.4, 0.5) is 5.69 Å². The highest BCUT2D eigenvalue weighted by molar-refractivity contribution is 8.15. The number of thioether (sulfide) groups is 1. The standard InChI is InChI=1S/C28H26N4O3S/c1-18-12-14-19(15-13-18)22-16-23(20-8-4-3-5-9-20)32(31-22)28-30-27(34)25(36-28)17-26(33)29-21-10-6-7-11-24(21)35-2/h3-15,23,25H,16-17H2,1-2H3,(H,29,33)/t23-,25-/m1/s1. The molecule has 0 radical (unpaired) electrons. The maximum Gasteiger partial charge on any atom is 0.262 e. The first kappa shape index (κ1) is 23.8. The molecular weight excluding hydrogens is 472 g/mol. The summed E-state index contributed by atoms with van der Waals surface area (Å²) in [6, 6.07) is 25.5. The Morgan fingerprint density at radius 2 is 1.78 bits per heavy atom. The van der Waals surface area contributed by atoms with Crippen LogP contribution in [0.25, 0.3) is 0 Å². The van der Waals surface area contributed by atoms with Gasteiger partial charge in [0.05, 0.1) is 24.6 Å².